The zero-order chi connectivity index (χ0) is 14.8. The highest BCUT2D eigenvalue weighted by Gasteiger charge is 2.24. The van der Waals surface area contributed by atoms with Crippen LogP contribution in [-0.4, -0.2) is 52.8 Å². The van der Waals surface area contributed by atoms with E-state index in [2.05, 4.69) is 15.2 Å². The number of nitrogens with zero attached hydrogens (tertiary/aromatic N) is 3. The molecule has 1 saturated heterocycles. The summed E-state index contributed by atoms with van der Waals surface area (Å²) in [5.41, 5.74) is -0.134. The van der Waals surface area contributed by atoms with Crippen molar-refractivity contribution < 1.29 is 9.53 Å². The van der Waals surface area contributed by atoms with Gasteiger partial charge in [0, 0.05) is 32.2 Å². The molecule has 1 aromatic heterocycles. The first-order chi connectivity index (χ1) is 9.38. The third-order valence-corrected chi connectivity index (χ3v) is 3.61. The van der Waals surface area contributed by atoms with E-state index in [4.69, 9.17) is 4.74 Å². The molecule has 112 valence electrons. The average Bonchev–Trinajstić information content (AvgIpc) is 2.88. The van der Waals surface area contributed by atoms with Gasteiger partial charge in [-0.2, -0.15) is 0 Å². The van der Waals surface area contributed by atoms with Crippen LogP contribution in [0.1, 0.15) is 50.1 Å². The van der Waals surface area contributed by atoms with Gasteiger partial charge in [0.2, 0.25) is 5.82 Å². The van der Waals surface area contributed by atoms with Crippen molar-refractivity contribution >= 4 is 5.91 Å². The van der Waals surface area contributed by atoms with Crippen LogP contribution >= 0.6 is 0 Å². The highest BCUT2D eigenvalue weighted by Crippen LogP contribution is 2.19. The van der Waals surface area contributed by atoms with E-state index in [9.17, 15) is 4.79 Å². The van der Waals surface area contributed by atoms with Crippen LogP contribution in [0.5, 0.6) is 0 Å². The third-order valence-electron chi connectivity index (χ3n) is 3.61. The number of H-pyrrole nitrogens is 1. The number of carbonyl (C=O) groups excluding carboxylic acids is 1. The minimum atomic E-state index is -0.134. The summed E-state index contributed by atoms with van der Waals surface area (Å²) in [6.45, 7) is 8.43. The van der Waals surface area contributed by atoms with Crippen molar-refractivity contribution in [1.29, 1.82) is 0 Å². The zero-order valence-corrected chi connectivity index (χ0v) is 12.8. The molecule has 0 spiro atoms. The molecule has 0 unspecified atom stereocenters. The fourth-order valence-electron chi connectivity index (χ4n) is 2.26. The maximum Gasteiger partial charge on any atom is 0.293 e. The highest BCUT2D eigenvalue weighted by molar-refractivity contribution is 5.90. The maximum absolute atomic E-state index is 12.3. The number of amides is 1. The molecule has 1 fully saturated rings. The summed E-state index contributed by atoms with van der Waals surface area (Å²) in [7, 11) is 1.81. The lowest BCUT2D eigenvalue weighted by atomic mass is 9.96. The Morgan fingerprint density at radius 3 is 2.60 bits per heavy atom. The minimum absolute atomic E-state index is 0.122. The fourth-order valence-corrected chi connectivity index (χ4v) is 2.26. The number of rotatable bonds is 3. The van der Waals surface area contributed by atoms with Crippen LogP contribution in [0.4, 0.5) is 0 Å². The van der Waals surface area contributed by atoms with Crippen LogP contribution in [-0.2, 0) is 10.2 Å². The fraction of sp³-hybridized carbons (Fsp3) is 0.786. The topological polar surface area (TPSA) is 71.1 Å². The molecule has 1 N–H and O–H groups in total. The summed E-state index contributed by atoms with van der Waals surface area (Å²) in [6.07, 6.45) is 2.03. The van der Waals surface area contributed by atoms with Gasteiger partial charge in [-0.3, -0.25) is 9.89 Å². The molecule has 6 heteroatoms. The number of ether oxygens (including phenoxy) is 1. The van der Waals surface area contributed by atoms with E-state index < -0.39 is 0 Å². The first-order valence-electron chi connectivity index (χ1n) is 7.14. The summed E-state index contributed by atoms with van der Waals surface area (Å²) in [6, 6.07) is 0. The first kappa shape index (κ1) is 15.0. The number of carbonyl (C=O) groups is 1. The Labute approximate surface area is 119 Å². The first-order valence-corrected chi connectivity index (χ1v) is 7.14. The summed E-state index contributed by atoms with van der Waals surface area (Å²) in [5, 5.41) is 6.90. The molecule has 0 radical (unpaired) electrons. The van der Waals surface area contributed by atoms with Crippen LogP contribution in [0, 0.1) is 5.92 Å². The van der Waals surface area contributed by atoms with Crippen LogP contribution < -0.4 is 0 Å². The maximum atomic E-state index is 12.3. The summed E-state index contributed by atoms with van der Waals surface area (Å²) < 4.78 is 5.33. The molecule has 1 aliphatic heterocycles. The average molecular weight is 280 g/mol. The molecule has 0 aliphatic carbocycles. The summed E-state index contributed by atoms with van der Waals surface area (Å²) in [4.78, 5) is 18.3. The molecule has 0 bridgehead atoms. The van der Waals surface area contributed by atoms with E-state index >= 15 is 0 Å². The monoisotopic (exact) mass is 280 g/mol. The molecule has 1 aromatic rings. The smallest absolute Gasteiger partial charge is 0.293 e. The van der Waals surface area contributed by atoms with Gasteiger partial charge < -0.3 is 9.64 Å². The SMILES string of the molecule is CN(CC1CCOCC1)C(=O)c1n[nH]c(C(C)(C)C)n1. The third kappa shape index (κ3) is 3.56. The van der Waals surface area contributed by atoms with Crippen LogP contribution in [0.3, 0.4) is 0 Å². The van der Waals surface area contributed by atoms with Crippen molar-refractivity contribution in [1.82, 2.24) is 20.1 Å². The van der Waals surface area contributed by atoms with Gasteiger partial charge in [0.25, 0.3) is 5.91 Å². The van der Waals surface area contributed by atoms with Crippen LogP contribution in [0.25, 0.3) is 0 Å². The van der Waals surface area contributed by atoms with Gasteiger partial charge in [0.15, 0.2) is 0 Å². The molecule has 6 nitrogen and oxygen atoms in total. The number of hydrogen-bond donors (Lipinski definition) is 1. The van der Waals surface area contributed by atoms with E-state index in [0.29, 0.717) is 5.92 Å². The van der Waals surface area contributed by atoms with Crippen LogP contribution in [0.15, 0.2) is 0 Å². The highest BCUT2D eigenvalue weighted by atomic mass is 16.5. The van der Waals surface area contributed by atoms with Gasteiger partial charge in [0.1, 0.15) is 5.82 Å². The predicted molar refractivity (Wildman–Crippen MR) is 75.6 cm³/mol. The number of nitrogens with one attached hydrogen (secondary N) is 1. The van der Waals surface area contributed by atoms with Crippen LogP contribution in [0.2, 0.25) is 0 Å². The molecule has 0 atom stereocenters. The molecular formula is C14H24N4O2. The Bertz CT molecular complexity index is 458. The lowest BCUT2D eigenvalue weighted by Crippen LogP contribution is -2.34. The second-order valence-corrected chi connectivity index (χ2v) is 6.50. The van der Waals surface area contributed by atoms with Gasteiger partial charge in [-0.05, 0) is 18.8 Å². The lowest BCUT2D eigenvalue weighted by molar-refractivity contribution is 0.0493. The van der Waals surface area contributed by atoms with Gasteiger partial charge in [-0.1, -0.05) is 20.8 Å². The minimum Gasteiger partial charge on any atom is -0.381 e. The molecular weight excluding hydrogens is 256 g/mol. The molecule has 2 rings (SSSR count). The number of aromatic nitrogens is 3. The van der Waals surface area contributed by atoms with Crippen molar-refractivity contribution in [3.8, 4) is 0 Å². The molecule has 1 amide bonds. The molecule has 0 saturated carbocycles. The lowest BCUT2D eigenvalue weighted by Gasteiger charge is -2.26. The van der Waals surface area contributed by atoms with Crippen molar-refractivity contribution in [3.05, 3.63) is 11.6 Å². The summed E-state index contributed by atoms with van der Waals surface area (Å²) in [5.74, 6) is 1.38. The standard InChI is InChI=1S/C14H24N4O2/c1-14(2,3)13-15-11(16-17-13)12(19)18(4)9-10-5-7-20-8-6-10/h10H,5-9H2,1-4H3,(H,15,16,17). The summed E-state index contributed by atoms with van der Waals surface area (Å²) >= 11 is 0. The molecule has 20 heavy (non-hydrogen) atoms. The normalized spacial score (nSPS) is 17.2. The van der Waals surface area contributed by atoms with Gasteiger partial charge >= 0.3 is 0 Å². The molecule has 1 aliphatic rings. The van der Waals surface area contributed by atoms with Crippen molar-refractivity contribution in [3.63, 3.8) is 0 Å². The van der Waals surface area contributed by atoms with E-state index in [0.717, 1.165) is 38.4 Å². The van der Waals surface area contributed by atoms with Gasteiger partial charge in [0.05, 0.1) is 0 Å². The Hall–Kier alpha value is -1.43. The molecule has 0 aromatic carbocycles. The largest absolute Gasteiger partial charge is 0.381 e. The van der Waals surface area contributed by atoms with E-state index in [1.54, 1.807) is 4.90 Å². The Morgan fingerprint density at radius 1 is 1.40 bits per heavy atom. The predicted octanol–water partition coefficient (Wildman–Crippen LogP) is 1.60. The Kier molecular flexibility index (Phi) is 4.42. The van der Waals surface area contributed by atoms with E-state index in [1.807, 2.05) is 27.8 Å². The second kappa shape index (κ2) is 5.91. The van der Waals surface area contributed by atoms with Crippen molar-refractivity contribution in [2.75, 3.05) is 26.8 Å². The van der Waals surface area contributed by atoms with E-state index in [-0.39, 0.29) is 17.1 Å². The second-order valence-electron chi connectivity index (χ2n) is 6.50. The Balaban J connectivity index is 1.97. The van der Waals surface area contributed by atoms with Crippen molar-refractivity contribution in [2.45, 2.75) is 39.0 Å². The van der Waals surface area contributed by atoms with E-state index in [1.165, 1.54) is 0 Å². The number of hydrogen-bond acceptors (Lipinski definition) is 4. The molecule has 2 heterocycles. The Morgan fingerprint density at radius 2 is 2.05 bits per heavy atom. The van der Waals surface area contributed by atoms with Gasteiger partial charge in [-0.15, -0.1) is 5.10 Å². The number of aromatic amines is 1. The van der Waals surface area contributed by atoms with Gasteiger partial charge in [-0.25, -0.2) is 4.98 Å². The zero-order valence-electron chi connectivity index (χ0n) is 12.8. The van der Waals surface area contributed by atoms with Crippen molar-refractivity contribution in [2.24, 2.45) is 5.92 Å². The quantitative estimate of drug-likeness (QED) is 0.913.